The molecule has 1 aromatic carbocycles. The van der Waals surface area contributed by atoms with Gasteiger partial charge in [-0.05, 0) is 30.5 Å². The van der Waals surface area contributed by atoms with Crippen molar-refractivity contribution in [3.05, 3.63) is 63.7 Å². The van der Waals surface area contributed by atoms with Crippen LogP contribution in [0.2, 0.25) is 0 Å². The Balaban J connectivity index is 1.92. The number of fused-ring (bicyclic) bond motifs is 1. The normalized spacial score (nSPS) is 11.3. The van der Waals surface area contributed by atoms with Crippen LogP contribution in [0.4, 0.5) is 4.39 Å². The van der Waals surface area contributed by atoms with Gasteiger partial charge >= 0.3 is 0 Å². The van der Waals surface area contributed by atoms with Crippen LogP contribution in [0.15, 0.2) is 39.8 Å². The summed E-state index contributed by atoms with van der Waals surface area (Å²) in [6, 6.07) is 5.84. The van der Waals surface area contributed by atoms with Crippen LogP contribution in [0.3, 0.4) is 0 Å². The van der Waals surface area contributed by atoms with Gasteiger partial charge in [0.05, 0.1) is 5.56 Å². The minimum absolute atomic E-state index is 0.152. The predicted molar refractivity (Wildman–Crippen MR) is 95.4 cm³/mol. The summed E-state index contributed by atoms with van der Waals surface area (Å²) in [4.78, 5) is 29.6. The zero-order valence-electron chi connectivity index (χ0n) is 14.9. The van der Waals surface area contributed by atoms with E-state index >= 15 is 0 Å². The van der Waals surface area contributed by atoms with E-state index in [0.29, 0.717) is 12.3 Å². The molecule has 0 fully saturated rings. The monoisotopic (exact) mass is 357 g/mol. The van der Waals surface area contributed by atoms with Gasteiger partial charge in [0, 0.05) is 13.1 Å². The molecule has 0 atom stereocenters. The molecule has 0 saturated heterocycles. The number of aromatic nitrogens is 2. The highest BCUT2D eigenvalue weighted by atomic mass is 19.1. The molecular formula is C19H20FN3O3. The van der Waals surface area contributed by atoms with E-state index in [1.54, 1.807) is 19.1 Å². The van der Waals surface area contributed by atoms with Crippen LogP contribution in [0, 0.1) is 18.7 Å². The summed E-state index contributed by atoms with van der Waals surface area (Å²) in [5, 5.41) is 2.93. The summed E-state index contributed by atoms with van der Waals surface area (Å²) >= 11 is 0. The molecule has 2 heterocycles. The average Bonchev–Trinajstić information content (AvgIpc) is 2.93. The molecule has 0 saturated carbocycles. The Morgan fingerprint density at radius 1 is 1.31 bits per heavy atom. The molecule has 0 aliphatic rings. The van der Waals surface area contributed by atoms with Gasteiger partial charge in [0.1, 0.15) is 23.3 Å². The summed E-state index contributed by atoms with van der Waals surface area (Å²) in [5.74, 6) is -0.167. The number of benzene rings is 1. The third-order valence-corrected chi connectivity index (χ3v) is 4.01. The average molecular weight is 357 g/mol. The van der Waals surface area contributed by atoms with Crippen LogP contribution in [0.25, 0.3) is 11.1 Å². The van der Waals surface area contributed by atoms with E-state index in [-0.39, 0.29) is 40.5 Å². The first-order valence-corrected chi connectivity index (χ1v) is 8.38. The molecule has 26 heavy (non-hydrogen) atoms. The van der Waals surface area contributed by atoms with Crippen molar-refractivity contribution < 1.29 is 13.6 Å². The molecule has 6 nitrogen and oxygen atoms in total. The van der Waals surface area contributed by atoms with Crippen molar-refractivity contribution in [2.45, 2.75) is 33.9 Å². The van der Waals surface area contributed by atoms with Crippen LogP contribution in [0.5, 0.6) is 0 Å². The van der Waals surface area contributed by atoms with E-state index in [1.165, 1.54) is 23.0 Å². The Morgan fingerprint density at radius 3 is 2.65 bits per heavy atom. The van der Waals surface area contributed by atoms with Gasteiger partial charge in [-0.1, -0.05) is 26.0 Å². The van der Waals surface area contributed by atoms with Gasteiger partial charge in [-0.2, -0.15) is 0 Å². The molecule has 0 spiro atoms. The Morgan fingerprint density at radius 2 is 2.00 bits per heavy atom. The molecular weight excluding hydrogens is 337 g/mol. The summed E-state index contributed by atoms with van der Waals surface area (Å²) < 4.78 is 19.9. The van der Waals surface area contributed by atoms with E-state index in [2.05, 4.69) is 10.3 Å². The van der Waals surface area contributed by atoms with E-state index < -0.39 is 5.91 Å². The Labute approximate surface area is 149 Å². The fraction of sp³-hybridized carbons (Fsp3) is 0.316. The fourth-order valence-corrected chi connectivity index (χ4v) is 2.81. The van der Waals surface area contributed by atoms with Crippen molar-refractivity contribution in [3.8, 4) is 0 Å². The number of furan rings is 1. The smallest absolute Gasteiger partial charge is 0.265 e. The quantitative estimate of drug-likeness (QED) is 0.761. The first-order valence-electron chi connectivity index (χ1n) is 8.38. The van der Waals surface area contributed by atoms with Gasteiger partial charge < -0.3 is 9.73 Å². The van der Waals surface area contributed by atoms with Gasteiger partial charge in [-0.25, -0.2) is 9.37 Å². The number of aryl methyl sites for hydroxylation is 1. The van der Waals surface area contributed by atoms with Gasteiger partial charge in [-0.15, -0.1) is 0 Å². The number of halogens is 1. The molecule has 0 unspecified atom stereocenters. The fourth-order valence-electron chi connectivity index (χ4n) is 2.81. The minimum atomic E-state index is -0.424. The molecule has 1 amide bonds. The Kier molecular flexibility index (Phi) is 4.88. The van der Waals surface area contributed by atoms with Crippen LogP contribution in [-0.4, -0.2) is 15.5 Å². The van der Waals surface area contributed by atoms with E-state index in [0.717, 1.165) is 5.56 Å². The van der Waals surface area contributed by atoms with Crippen LogP contribution >= 0.6 is 0 Å². The van der Waals surface area contributed by atoms with Crippen molar-refractivity contribution in [2.75, 3.05) is 0 Å². The zero-order valence-corrected chi connectivity index (χ0v) is 14.9. The summed E-state index contributed by atoms with van der Waals surface area (Å²) in [6.45, 7) is 6.33. The molecule has 3 aromatic rings. The van der Waals surface area contributed by atoms with Crippen molar-refractivity contribution in [2.24, 2.45) is 5.92 Å². The molecule has 0 bridgehead atoms. The lowest BCUT2D eigenvalue weighted by molar-refractivity contribution is 0.0950. The number of rotatable bonds is 5. The van der Waals surface area contributed by atoms with Crippen LogP contribution in [0.1, 0.15) is 35.5 Å². The molecule has 0 aliphatic carbocycles. The second kappa shape index (κ2) is 7.11. The number of carbonyl (C=O) groups is 1. The van der Waals surface area contributed by atoms with Crippen LogP contribution in [-0.2, 0) is 13.1 Å². The molecule has 2 aromatic heterocycles. The molecule has 1 N–H and O–H groups in total. The first kappa shape index (κ1) is 17.8. The lowest BCUT2D eigenvalue weighted by Crippen LogP contribution is -2.27. The van der Waals surface area contributed by atoms with Crippen molar-refractivity contribution in [1.29, 1.82) is 0 Å². The second-order valence-corrected chi connectivity index (χ2v) is 6.62. The van der Waals surface area contributed by atoms with Gasteiger partial charge in [0.2, 0.25) is 5.71 Å². The number of carbonyl (C=O) groups excluding carboxylic acids is 1. The SMILES string of the molecule is Cc1oc2ncn(CC(C)C)c(=O)c2c1C(=O)NCc1ccc(F)cc1. The summed E-state index contributed by atoms with van der Waals surface area (Å²) in [7, 11) is 0. The highest BCUT2D eigenvalue weighted by Crippen LogP contribution is 2.21. The molecule has 3 rings (SSSR count). The van der Waals surface area contributed by atoms with Gasteiger partial charge in [-0.3, -0.25) is 14.2 Å². The van der Waals surface area contributed by atoms with Crippen molar-refractivity contribution >= 4 is 17.0 Å². The topological polar surface area (TPSA) is 77.1 Å². The Hall–Kier alpha value is -2.96. The first-order chi connectivity index (χ1) is 12.4. The summed E-state index contributed by atoms with van der Waals surface area (Å²) in [6.07, 6.45) is 1.44. The number of hydrogen-bond acceptors (Lipinski definition) is 4. The highest BCUT2D eigenvalue weighted by molar-refractivity contribution is 6.06. The highest BCUT2D eigenvalue weighted by Gasteiger charge is 2.22. The maximum Gasteiger partial charge on any atom is 0.265 e. The maximum absolute atomic E-state index is 13.0. The predicted octanol–water partition coefficient (Wildman–Crippen LogP) is 3.02. The maximum atomic E-state index is 13.0. The van der Waals surface area contributed by atoms with E-state index in [9.17, 15) is 14.0 Å². The third kappa shape index (κ3) is 3.51. The lowest BCUT2D eigenvalue weighted by atomic mass is 10.1. The number of amides is 1. The summed E-state index contributed by atoms with van der Waals surface area (Å²) in [5.41, 5.74) is 0.796. The zero-order chi connectivity index (χ0) is 18.8. The number of hydrogen-bond donors (Lipinski definition) is 1. The van der Waals surface area contributed by atoms with Crippen molar-refractivity contribution in [3.63, 3.8) is 0 Å². The minimum Gasteiger partial charge on any atom is -0.442 e. The van der Waals surface area contributed by atoms with E-state index in [4.69, 9.17) is 4.42 Å². The Bertz CT molecular complexity index is 1000. The molecule has 0 aliphatic heterocycles. The van der Waals surface area contributed by atoms with Crippen LogP contribution < -0.4 is 10.9 Å². The van der Waals surface area contributed by atoms with Gasteiger partial charge in [0.15, 0.2) is 0 Å². The second-order valence-electron chi connectivity index (χ2n) is 6.62. The van der Waals surface area contributed by atoms with Gasteiger partial charge in [0.25, 0.3) is 11.5 Å². The lowest BCUT2D eigenvalue weighted by Gasteiger charge is -2.08. The van der Waals surface area contributed by atoms with E-state index in [1.807, 2.05) is 13.8 Å². The molecule has 136 valence electrons. The number of nitrogens with zero attached hydrogens (tertiary/aromatic N) is 2. The standard InChI is InChI=1S/C19H20FN3O3/c1-11(2)9-23-10-22-18-16(19(23)25)15(12(3)26-18)17(24)21-8-13-4-6-14(20)7-5-13/h4-7,10-11H,8-9H2,1-3H3,(H,21,24). The largest absolute Gasteiger partial charge is 0.442 e. The molecule has 7 heteroatoms. The molecule has 0 radical (unpaired) electrons. The van der Waals surface area contributed by atoms with Crippen molar-refractivity contribution in [1.82, 2.24) is 14.9 Å². The third-order valence-electron chi connectivity index (χ3n) is 4.01. The number of nitrogens with one attached hydrogen (secondary N) is 1.